The molecule has 2 aromatic carbocycles. The van der Waals surface area contributed by atoms with Gasteiger partial charge in [-0.15, -0.1) is 0 Å². The largest absolute Gasteiger partial charge is 0.322 e. The number of carbonyl (C=O) groups is 1. The highest BCUT2D eigenvalue weighted by atomic mass is 35.5. The van der Waals surface area contributed by atoms with Crippen molar-refractivity contribution in [1.82, 2.24) is 14.8 Å². The van der Waals surface area contributed by atoms with Crippen molar-refractivity contribution in [1.29, 1.82) is 0 Å². The van der Waals surface area contributed by atoms with Crippen LogP contribution < -0.4 is 5.32 Å². The lowest BCUT2D eigenvalue weighted by Gasteiger charge is -2.09. The zero-order valence-corrected chi connectivity index (χ0v) is 15.7. The Kier molecular flexibility index (Phi) is 4.38. The molecule has 0 bridgehead atoms. The second kappa shape index (κ2) is 6.85. The molecule has 0 saturated heterocycles. The maximum atomic E-state index is 13.0. The highest BCUT2D eigenvalue weighted by Gasteiger charge is 2.19. The van der Waals surface area contributed by atoms with Crippen molar-refractivity contribution in [3.63, 3.8) is 0 Å². The van der Waals surface area contributed by atoms with Gasteiger partial charge in [0.1, 0.15) is 0 Å². The second-order valence-electron chi connectivity index (χ2n) is 6.31. The van der Waals surface area contributed by atoms with Gasteiger partial charge in [-0.25, -0.2) is 9.67 Å². The van der Waals surface area contributed by atoms with Gasteiger partial charge in [0, 0.05) is 16.4 Å². The molecule has 0 saturated carbocycles. The van der Waals surface area contributed by atoms with Gasteiger partial charge in [0.05, 0.1) is 22.3 Å². The molecule has 6 heteroatoms. The van der Waals surface area contributed by atoms with Gasteiger partial charge in [-0.2, -0.15) is 5.10 Å². The third-order valence-corrected chi connectivity index (χ3v) is 4.50. The molecule has 0 aliphatic rings. The van der Waals surface area contributed by atoms with Crippen LogP contribution in [0.15, 0.2) is 60.7 Å². The lowest BCUT2D eigenvalue weighted by molar-refractivity contribution is 0.102. The first kappa shape index (κ1) is 17.2. The van der Waals surface area contributed by atoms with E-state index in [4.69, 9.17) is 11.6 Å². The van der Waals surface area contributed by atoms with Crippen molar-refractivity contribution in [3.8, 4) is 5.69 Å². The van der Waals surface area contributed by atoms with E-state index in [1.165, 1.54) is 0 Å². The van der Waals surface area contributed by atoms with Gasteiger partial charge >= 0.3 is 0 Å². The number of carbonyl (C=O) groups excluding carboxylic acids is 1. The summed E-state index contributed by atoms with van der Waals surface area (Å²) in [5.74, 6) is -0.219. The molecule has 1 N–H and O–H groups in total. The summed E-state index contributed by atoms with van der Waals surface area (Å²) in [6.45, 7) is 3.75. The van der Waals surface area contributed by atoms with Crippen molar-refractivity contribution in [3.05, 3.63) is 82.6 Å². The van der Waals surface area contributed by atoms with Gasteiger partial charge in [0.15, 0.2) is 5.65 Å². The molecule has 0 unspecified atom stereocenters. The third-order valence-electron chi connectivity index (χ3n) is 4.27. The first-order valence-corrected chi connectivity index (χ1v) is 8.90. The van der Waals surface area contributed by atoms with E-state index in [0.29, 0.717) is 21.9 Å². The van der Waals surface area contributed by atoms with Crippen LogP contribution >= 0.6 is 11.6 Å². The predicted molar refractivity (Wildman–Crippen MR) is 108 cm³/mol. The minimum atomic E-state index is -0.219. The fourth-order valence-corrected chi connectivity index (χ4v) is 3.30. The Morgan fingerprint density at radius 3 is 2.56 bits per heavy atom. The summed E-state index contributed by atoms with van der Waals surface area (Å²) in [5.41, 5.74) is 4.23. The second-order valence-corrected chi connectivity index (χ2v) is 6.74. The summed E-state index contributed by atoms with van der Waals surface area (Å²) in [7, 11) is 0. The number of benzene rings is 2. The first-order valence-electron chi connectivity index (χ1n) is 8.52. The first-order chi connectivity index (χ1) is 13.0. The van der Waals surface area contributed by atoms with E-state index in [9.17, 15) is 4.79 Å². The van der Waals surface area contributed by atoms with Crippen LogP contribution in [0, 0.1) is 13.8 Å². The van der Waals surface area contributed by atoms with Gasteiger partial charge in [-0.3, -0.25) is 4.79 Å². The smallest absolute Gasteiger partial charge is 0.256 e. The minimum absolute atomic E-state index is 0.219. The number of hydrogen-bond donors (Lipinski definition) is 1. The summed E-state index contributed by atoms with van der Waals surface area (Å²) in [6, 6.07) is 18.6. The Morgan fingerprint density at radius 1 is 1.04 bits per heavy atom. The number of amides is 1. The van der Waals surface area contributed by atoms with Crippen molar-refractivity contribution in [2.45, 2.75) is 13.8 Å². The number of nitrogens with zero attached hydrogens (tertiary/aromatic N) is 3. The number of rotatable bonds is 3. The summed E-state index contributed by atoms with van der Waals surface area (Å²) in [6.07, 6.45) is 0. The highest BCUT2D eigenvalue weighted by Crippen LogP contribution is 2.26. The summed E-state index contributed by atoms with van der Waals surface area (Å²) in [5, 5.41) is 8.83. The molecule has 2 aromatic heterocycles. The van der Waals surface area contributed by atoms with E-state index >= 15 is 0 Å². The minimum Gasteiger partial charge on any atom is -0.322 e. The Labute approximate surface area is 161 Å². The molecule has 134 valence electrons. The van der Waals surface area contributed by atoms with E-state index in [1.54, 1.807) is 35.0 Å². The Bertz CT molecular complexity index is 1150. The van der Waals surface area contributed by atoms with Crippen LogP contribution in [0.2, 0.25) is 5.02 Å². The molecule has 0 fully saturated rings. The molecule has 27 heavy (non-hydrogen) atoms. The molecule has 0 radical (unpaired) electrons. The van der Waals surface area contributed by atoms with E-state index in [0.717, 1.165) is 22.5 Å². The average molecular weight is 377 g/mol. The molecular weight excluding hydrogens is 360 g/mol. The fraction of sp³-hybridized carbons (Fsp3) is 0.0952. The van der Waals surface area contributed by atoms with Crippen LogP contribution in [0.4, 0.5) is 5.69 Å². The number of pyridine rings is 1. The predicted octanol–water partition coefficient (Wildman–Crippen LogP) is 4.94. The number of anilines is 1. The lowest BCUT2D eigenvalue weighted by atomic mass is 10.1. The molecular formula is C21H17ClN4O. The van der Waals surface area contributed by atoms with Crippen molar-refractivity contribution < 1.29 is 4.79 Å². The standard InChI is InChI=1S/C21H17ClN4O/c1-13-11-18(21(27)24-16-8-6-7-15(22)12-16)19-14(2)25-26(20(19)23-13)17-9-4-3-5-10-17/h3-12H,1-2H3,(H,24,27). The number of fused-ring (bicyclic) bond motifs is 1. The van der Waals surface area contributed by atoms with E-state index in [-0.39, 0.29) is 5.91 Å². The number of aromatic nitrogens is 3. The third kappa shape index (κ3) is 3.29. The zero-order valence-electron chi connectivity index (χ0n) is 14.9. The van der Waals surface area contributed by atoms with Gasteiger partial charge in [-0.05, 0) is 50.2 Å². The van der Waals surface area contributed by atoms with E-state index in [1.807, 2.05) is 44.2 Å². The number of para-hydroxylation sites is 1. The topological polar surface area (TPSA) is 59.8 Å². The average Bonchev–Trinajstić information content (AvgIpc) is 2.98. The number of aryl methyl sites for hydroxylation is 2. The van der Waals surface area contributed by atoms with Gasteiger partial charge in [0.2, 0.25) is 0 Å². The van der Waals surface area contributed by atoms with Crippen molar-refractivity contribution in [2.24, 2.45) is 0 Å². The molecule has 0 aliphatic carbocycles. The Morgan fingerprint density at radius 2 is 1.81 bits per heavy atom. The summed E-state index contributed by atoms with van der Waals surface area (Å²) >= 11 is 6.02. The van der Waals surface area contributed by atoms with Crippen molar-refractivity contribution in [2.75, 3.05) is 5.32 Å². The highest BCUT2D eigenvalue weighted by molar-refractivity contribution is 6.31. The van der Waals surface area contributed by atoms with Crippen LogP contribution in [0.3, 0.4) is 0 Å². The molecule has 0 atom stereocenters. The lowest BCUT2D eigenvalue weighted by Crippen LogP contribution is -2.13. The Hall–Kier alpha value is -3.18. The molecule has 4 rings (SSSR count). The summed E-state index contributed by atoms with van der Waals surface area (Å²) in [4.78, 5) is 17.6. The van der Waals surface area contributed by atoms with Crippen LogP contribution in [0.5, 0.6) is 0 Å². The van der Waals surface area contributed by atoms with Gasteiger partial charge in [-0.1, -0.05) is 35.9 Å². The molecule has 1 amide bonds. The van der Waals surface area contributed by atoms with Gasteiger partial charge in [0.25, 0.3) is 5.91 Å². The Balaban J connectivity index is 1.84. The van der Waals surface area contributed by atoms with E-state index < -0.39 is 0 Å². The van der Waals surface area contributed by atoms with Crippen LogP contribution in [-0.4, -0.2) is 20.7 Å². The normalized spacial score (nSPS) is 10.9. The number of hydrogen-bond acceptors (Lipinski definition) is 3. The van der Waals surface area contributed by atoms with Crippen LogP contribution in [0.1, 0.15) is 21.7 Å². The molecule has 5 nitrogen and oxygen atoms in total. The number of nitrogens with one attached hydrogen (secondary N) is 1. The van der Waals surface area contributed by atoms with E-state index in [2.05, 4.69) is 15.4 Å². The maximum absolute atomic E-state index is 13.0. The van der Waals surface area contributed by atoms with Crippen LogP contribution in [0.25, 0.3) is 16.7 Å². The zero-order chi connectivity index (χ0) is 19.0. The monoisotopic (exact) mass is 376 g/mol. The maximum Gasteiger partial charge on any atom is 0.256 e. The summed E-state index contributed by atoms with van der Waals surface area (Å²) < 4.78 is 1.77. The van der Waals surface area contributed by atoms with Crippen LogP contribution in [-0.2, 0) is 0 Å². The molecule has 4 aromatic rings. The fourth-order valence-electron chi connectivity index (χ4n) is 3.11. The quantitative estimate of drug-likeness (QED) is 0.550. The van der Waals surface area contributed by atoms with Gasteiger partial charge < -0.3 is 5.32 Å². The SMILES string of the molecule is Cc1cc(C(=O)Nc2cccc(Cl)c2)c2c(C)nn(-c3ccccc3)c2n1. The molecule has 0 spiro atoms. The molecule has 2 heterocycles. The molecule has 0 aliphatic heterocycles. The van der Waals surface area contributed by atoms with Crippen molar-refractivity contribution >= 4 is 34.2 Å². The number of halogens is 1.